The van der Waals surface area contributed by atoms with Crippen LogP contribution in [0.3, 0.4) is 0 Å². The molecule has 0 bridgehead atoms. The summed E-state index contributed by atoms with van der Waals surface area (Å²) in [6.07, 6.45) is 6.71. The molecule has 0 spiro atoms. The molecule has 3 heteroatoms. The number of hydrogen-bond donors (Lipinski definition) is 2. The van der Waals surface area contributed by atoms with Crippen molar-refractivity contribution in [3.8, 4) is 0 Å². The van der Waals surface area contributed by atoms with Gasteiger partial charge in [-0.25, -0.2) is 0 Å². The lowest BCUT2D eigenvalue weighted by Crippen LogP contribution is -2.36. The molecule has 0 unspecified atom stereocenters. The molecule has 3 nitrogen and oxygen atoms in total. The molecule has 0 aliphatic heterocycles. The van der Waals surface area contributed by atoms with Crippen molar-refractivity contribution < 1.29 is 4.79 Å². The van der Waals surface area contributed by atoms with E-state index in [0.29, 0.717) is 18.4 Å². The monoisotopic (exact) mass is 274 g/mol. The maximum atomic E-state index is 12.1. The zero-order valence-corrected chi connectivity index (χ0v) is 12.5. The fourth-order valence-electron chi connectivity index (χ4n) is 3.23. The summed E-state index contributed by atoms with van der Waals surface area (Å²) >= 11 is 0. The number of carbonyl (C=O) groups is 1. The highest BCUT2D eigenvalue weighted by molar-refractivity contribution is 5.79. The lowest BCUT2D eigenvalue weighted by atomic mass is 9.83. The van der Waals surface area contributed by atoms with Crippen LogP contribution in [-0.4, -0.2) is 12.5 Å². The minimum absolute atomic E-state index is 0.116. The van der Waals surface area contributed by atoms with E-state index in [4.69, 9.17) is 5.73 Å². The van der Waals surface area contributed by atoms with Crippen LogP contribution in [0, 0.1) is 5.41 Å². The van der Waals surface area contributed by atoms with E-state index in [1.54, 1.807) is 0 Å². The minimum atomic E-state index is 0.116. The molecule has 1 aromatic carbocycles. The van der Waals surface area contributed by atoms with Gasteiger partial charge in [0.2, 0.25) is 5.91 Å². The second-order valence-electron chi connectivity index (χ2n) is 5.99. The Labute approximate surface area is 121 Å². The molecule has 0 atom stereocenters. The highest BCUT2D eigenvalue weighted by Gasteiger charge is 2.32. The Bertz CT molecular complexity index is 450. The van der Waals surface area contributed by atoms with Gasteiger partial charge >= 0.3 is 0 Å². The van der Waals surface area contributed by atoms with Crippen molar-refractivity contribution in [2.24, 2.45) is 11.1 Å². The first-order valence-corrected chi connectivity index (χ1v) is 7.73. The van der Waals surface area contributed by atoms with Crippen molar-refractivity contribution in [3.05, 3.63) is 35.4 Å². The first kappa shape index (κ1) is 15.0. The van der Waals surface area contributed by atoms with E-state index >= 15 is 0 Å². The van der Waals surface area contributed by atoms with E-state index in [2.05, 4.69) is 12.2 Å². The van der Waals surface area contributed by atoms with Gasteiger partial charge < -0.3 is 11.1 Å². The summed E-state index contributed by atoms with van der Waals surface area (Å²) in [6, 6.07) is 7.92. The van der Waals surface area contributed by atoms with Gasteiger partial charge in [-0.3, -0.25) is 4.79 Å². The van der Waals surface area contributed by atoms with Crippen LogP contribution in [0.15, 0.2) is 24.3 Å². The van der Waals surface area contributed by atoms with Crippen molar-refractivity contribution in [1.29, 1.82) is 0 Å². The number of nitrogens with one attached hydrogen (secondary N) is 1. The summed E-state index contributed by atoms with van der Waals surface area (Å²) in [4.78, 5) is 12.1. The van der Waals surface area contributed by atoms with Crippen LogP contribution in [0.4, 0.5) is 0 Å². The average molecular weight is 274 g/mol. The Balaban J connectivity index is 1.89. The van der Waals surface area contributed by atoms with E-state index < -0.39 is 0 Å². The van der Waals surface area contributed by atoms with Gasteiger partial charge in [0.1, 0.15) is 0 Å². The minimum Gasteiger partial charge on any atom is -0.355 e. The second-order valence-corrected chi connectivity index (χ2v) is 5.99. The molecule has 2 rings (SSSR count). The van der Waals surface area contributed by atoms with Gasteiger partial charge in [0.15, 0.2) is 0 Å². The van der Waals surface area contributed by atoms with Gasteiger partial charge in [0.05, 0.1) is 6.42 Å². The van der Waals surface area contributed by atoms with Crippen LogP contribution in [0.1, 0.15) is 50.2 Å². The van der Waals surface area contributed by atoms with Crippen LogP contribution in [0.5, 0.6) is 0 Å². The smallest absolute Gasteiger partial charge is 0.224 e. The van der Waals surface area contributed by atoms with Crippen molar-refractivity contribution in [2.45, 2.75) is 52.0 Å². The quantitative estimate of drug-likeness (QED) is 0.838. The topological polar surface area (TPSA) is 55.1 Å². The molecule has 1 amide bonds. The third kappa shape index (κ3) is 3.60. The molecule has 110 valence electrons. The molecule has 1 aromatic rings. The van der Waals surface area contributed by atoms with Gasteiger partial charge in [-0.2, -0.15) is 0 Å². The van der Waals surface area contributed by atoms with E-state index in [0.717, 1.165) is 24.1 Å². The van der Waals surface area contributed by atoms with Crippen LogP contribution in [0.25, 0.3) is 0 Å². The number of carbonyl (C=O) groups excluding carboxylic acids is 1. The Morgan fingerprint density at radius 3 is 2.50 bits per heavy atom. The fraction of sp³-hybridized carbons (Fsp3) is 0.588. The molecular weight excluding hydrogens is 248 g/mol. The predicted octanol–water partition coefficient (Wildman–Crippen LogP) is 2.77. The summed E-state index contributed by atoms with van der Waals surface area (Å²) in [6.45, 7) is 3.55. The lowest BCUT2D eigenvalue weighted by molar-refractivity contribution is -0.121. The van der Waals surface area contributed by atoms with Crippen molar-refractivity contribution in [2.75, 3.05) is 6.54 Å². The molecule has 1 aliphatic rings. The number of benzene rings is 1. The maximum Gasteiger partial charge on any atom is 0.224 e. The fourth-order valence-corrected chi connectivity index (χ4v) is 3.23. The average Bonchev–Trinajstić information content (AvgIpc) is 2.95. The highest BCUT2D eigenvalue weighted by Crippen LogP contribution is 2.40. The van der Waals surface area contributed by atoms with Gasteiger partial charge in [-0.05, 0) is 35.8 Å². The lowest BCUT2D eigenvalue weighted by Gasteiger charge is -2.27. The summed E-state index contributed by atoms with van der Waals surface area (Å²) in [5.41, 5.74) is 8.17. The number of nitrogens with two attached hydrogens (primary N) is 1. The zero-order chi connectivity index (χ0) is 14.4. The largest absolute Gasteiger partial charge is 0.355 e. The van der Waals surface area contributed by atoms with Gasteiger partial charge in [-0.1, -0.05) is 44.0 Å². The van der Waals surface area contributed by atoms with Crippen LogP contribution >= 0.6 is 0 Å². The van der Waals surface area contributed by atoms with Crippen LogP contribution in [0.2, 0.25) is 0 Å². The van der Waals surface area contributed by atoms with Gasteiger partial charge in [0.25, 0.3) is 0 Å². The van der Waals surface area contributed by atoms with Crippen molar-refractivity contribution >= 4 is 5.91 Å². The highest BCUT2D eigenvalue weighted by atomic mass is 16.1. The number of hydrogen-bond acceptors (Lipinski definition) is 2. The molecule has 1 fully saturated rings. The number of rotatable bonds is 6. The summed E-state index contributed by atoms with van der Waals surface area (Å²) in [5, 5.41) is 3.14. The van der Waals surface area contributed by atoms with E-state index in [1.807, 2.05) is 24.3 Å². The second kappa shape index (κ2) is 6.89. The van der Waals surface area contributed by atoms with Crippen LogP contribution in [-0.2, 0) is 17.8 Å². The third-order valence-electron chi connectivity index (χ3n) is 4.76. The Morgan fingerprint density at radius 1 is 1.25 bits per heavy atom. The maximum absolute atomic E-state index is 12.1. The standard InChI is InChI=1S/C17H26N2O/c1-2-17(9-5-6-10-17)13-19-16(20)11-14-7-3-4-8-15(14)12-18/h3-4,7-8H,2,5-6,9-13,18H2,1H3,(H,19,20). The zero-order valence-electron chi connectivity index (χ0n) is 12.5. The molecule has 0 aromatic heterocycles. The van der Waals surface area contributed by atoms with Gasteiger partial charge in [0, 0.05) is 13.1 Å². The predicted molar refractivity (Wildman–Crippen MR) is 82.2 cm³/mol. The molecule has 0 saturated heterocycles. The Hall–Kier alpha value is -1.35. The van der Waals surface area contributed by atoms with E-state index in [-0.39, 0.29) is 5.91 Å². The Morgan fingerprint density at radius 2 is 1.90 bits per heavy atom. The first-order chi connectivity index (χ1) is 9.69. The normalized spacial score (nSPS) is 17.1. The molecule has 0 radical (unpaired) electrons. The summed E-state index contributed by atoms with van der Waals surface area (Å²) < 4.78 is 0. The molecule has 3 N–H and O–H groups in total. The van der Waals surface area contributed by atoms with Crippen LogP contribution < -0.4 is 11.1 Å². The van der Waals surface area contributed by atoms with E-state index in [9.17, 15) is 4.79 Å². The third-order valence-corrected chi connectivity index (χ3v) is 4.76. The SMILES string of the molecule is CCC1(CNC(=O)Cc2ccccc2CN)CCCC1. The summed E-state index contributed by atoms with van der Waals surface area (Å²) in [7, 11) is 0. The molecular formula is C17H26N2O. The molecule has 0 heterocycles. The Kier molecular flexibility index (Phi) is 5.18. The molecule has 20 heavy (non-hydrogen) atoms. The van der Waals surface area contributed by atoms with Gasteiger partial charge in [-0.15, -0.1) is 0 Å². The van der Waals surface area contributed by atoms with Crippen molar-refractivity contribution in [3.63, 3.8) is 0 Å². The van der Waals surface area contributed by atoms with Crippen molar-refractivity contribution in [1.82, 2.24) is 5.32 Å². The summed E-state index contributed by atoms with van der Waals surface area (Å²) in [5.74, 6) is 0.116. The van der Waals surface area contributed by atoms with E-state index in [1.165, 1.54) is 25.7 Å². The number of amides is 1. The molecule has 1 aliphatic carbocycles. The first-order valence-electron chi connectivity index (χ1n) is 7.73. The molecule has 1 saturated carbocycles.